The summed E-state index contributed by atoms with van der Waals surface area (Å²) >= 11 is 1.66. The topological polar surface area (TPSA) is 34.1 Å². The maximum atomic E-state index is 5.64. The predicted molar refractivity (Wildman–Crippen MR) is 57.4 cm³/mol. The largest absolute Gasteiger partial charge is 0.374 e. The highest BCUT2D eigenvalue weighted by atomic mass is 32.1. The molecule has 14 heavy (non-hydrogen) atoms. The molecule has 0 unspecified atom stereocenters. The summed E-state index contributed by atoms with van der Waals surface area (Å²) in [6.45, 7) is 3.86. The first-order valence-corrected chi connectivity index (χ1v) is 6.00. The van der Waals surface area contributed by atoms with Gasteiger partial charge in [0.2, 0.25) is 0 Å². The summed E-state index contributed by atoms with van der Waals surface area (Å²) in [5.41, 5.74) is 0. The maximum absolute atomic E-state index is 5.64. The van der Waals surface area contributed by atoms with Crippen molar-refractivity contribution in [1.29, 1.82) is 0 Å². The van der Waals surface area contributed by atoms with E-state index in [1.165, 1.54) is 12.8 Å². The zero-order valence-electron chi connectivity index (χ0n) is 8.24. The van der Waals surface area contributed by atoms with Crippen LogP contribution in [0.1, 0.15) is 17.8 Å². The van der Waals surface area contributed by atoms with Gasteiger partial charge in [0, 0.05) is 11.6 Å². The molecule has 0 amide bonds. The van der Waals surface area contributed by atoms with Gasteiger partial charge in [-0.3, -0.25) is 0 Å². The zero-order valence-corrected chi connectivity index (χ0v) is 9.05. The molecule has 0 saturated carbocycles. The minimum Gasteiger partial charge on any atom is -0.374 e. The summed E-state index contributed by atoms with van der Waals surface area (Å²) in [6, 6.07) is 0. The first kappa shape index (κ1) is 10.1. The van der Waals surface area contributed by atoms with Crippen molar-refractivity contribution < 1.29 is 4.74 Å². The molecule has 1 aliphatic rings. The quantitative estimate of drug-likeness (QED) is 0.824. The highest BCUT2D eigenvalue weighted by molar-refractivity contribution is 7.09. The Kier molecular flexibility index (Phi) is 3.91. The van der Waals surface area contributed by atoms with Gasteiger partial charge in [-0.25, -0.2) is 4.98 Å². The zero-order chi connectivity index (χ0) is 9.64. The molecule has 4 heteroatoms. The Morgan fingerprint density at radius 3 is 3.07 bits per heavy atom. The number of hydrogen-bond acceptors (Lipinski definition) is 4. The number of ether oxygens (including phenoxy) is 1. The Hall–Kier alpha value is -0.450. The Bertz CT molecular complexity index is 245. The molecule has 1 aromatic rings. The molecule has 0 aromatic carbocycles. The van der Waals surface area contributed by atoms with Crippen LogP contribution in [-0.2, 0) is 11.3 Å². The third-order valence-corrected chi connectivity index (χ3v) is 3.27. The lowest BCUT2D eigenvalue weighted by atomic mass is 9.99. The molecule has 0 spiro atoms. The Morgan fingerprint density at radius 1 is 1.50 bits per heavy atom. The van der Waals surface area contributed by atoms with Crippen molar-refractivity contribution in [2.75, 3.05) is 19.7 Å². The van der Waals surface area contributed by atoms with Crippen molar-refractivity contribution in [1.82, 2.24) is 10.3 Å². The minimum atomic E-state index is 0.682. The first-order valence-electron chi connectivity index (χ1n) is 5.12. The number of piperidine rings is 1. The smallest absolute Gasteiger partial charge is 0.118 e. The maximum Gasteiger partial charge on any atom is 0.118 e. The van der Waals surface area contributed by atoms with Crippen molar-refractivity contribution in [3.63, 3.8) is 0 Å². The van der Waals surface area contributed by atoms with Gasteiger partial charge in [-0.1, -0.05) is 0 Å². The van der Waals surface area contributed by atoms with E-state index in [0.717, 1.165) is 30.6 Å². The van der Waals surface area contributed by atoms with Crippen LogP contribution in [0.25, 0.3) is 0 Å². The summed E-state index contributed by atoms with van der Waals surface area (Å²) < 4.78 is 5.64. The highest BCUT2D eigenvalue weighted by Gasteiger charge is 2.12. The van der Waals surface area contributed by atoms with Crippen LogP contribution in [0.4, 0.5) is 0 Å². The SMILES string of the molecule is c1csc(COCC2CCNCC2)n1. The van der Waals surface area contributed by atoms with Gasteiger partial charge in [0.25, 0.3) is 0 Å². The second kappa shape index (κ2) is 5.44. The van der Waals surface area contributed by atoms with Crippen LogP contribution in [0, 0.1) is 5.92 Å². The average molecular weight is 212 g/mol. The van der Waals surface area contributed by atoms with Crippen LogP contribution in [0.15, 0.2) is 11.6 Å². The number of rotatable bonds is 4. The van der Waals surface area contributed by atoms with Gasteiger partial charge >= 0.3 is 0 Å². The lowest BCUT2D eigenvalue weighted by Crippen LogP contribution is -2.29. The standard InChI is InChI=1S/C10H16N2OS/c1-3-11-4-2-9(1)7-13-8-10-12-5-6-14-10/h5-6,9,11H,1-4,7-8H2. The van der Waals surface area contributed by atoms with E-state index >= 15 is 0 Å². The van der Waals surface area contributed by atoms with Crippen molar-refractivity contribution in [3.05, 3.63) is 16.6 Å². The van der Waals surface area contributed by atoms with Crippen molar-refractivity contribution in [3.8, 4) is 0 Å². The predicted octanol–water partition coefficient (Wildman–Crippen LogP) is 1.66. The van der Waals surface area contributed by atoms with Crippen LogP contribution >= 0.6 is 11.3 Å². The van der Waals surface area contributed by atoms with Crippen LogP contribution < -0.4 is 5.32 Å². The second-order valence-corrected chi connectivity index (χ2v) is 4.61. The van der Waals surface area contributed by atoms with E-state index < -0.39 is 0 Å². The third kappa shape index (κ3) is 3.04. The normalized spacial score (nSPS) is 18.6. The molecule has 1 aliphatic heterocycles. The molecule has 0 bridgehead atoms. The van der Waals surface area contributed by atoms with Crippen LogP contribution in [0.2, 0.25) is 0 Å². The molecule has 78 valence electrons. The molecule has 1 N–H and O–H groups in total. The summed E-state index contributed by atoms with van der Waals surface area (Å²) in [5, 5.41) is 6.42. The van der Waals surface area contributed by atoms with Crippen LogP contribution in [0.3, 0.4) is 0 Å². The molecule has 0 aliphatic carbocycles. The fraction of sp³-hybridized carbons (Fsp3) is 0.700. The number of nitrogens with one attached hydrogen (secondary N) is 1. The third-order valence-electron chi connectivity index (χ3n) is 2.52. The Morgan fingerprint density at radius 2 is 2.36 bits per heavy atom. The van der Waals surface area contributed by atoms with E-state index in [2.05, 4.69) is 10.3 Å². The van der Waals surface area contributed by atoms with E-state index in [4.69, 9.17) is 4.74 Å². The summed E-state index contributed by atoms with van der Waals surface area (Å²) in [6.07, 6.45) is 4.32. The van der Waals surface area contributed by atoms with Gasteiger partial charge in [-0.05, 0) is 31.8 Å². The van der Waals surface area contributed by atoms with Crippen molar-refractivity contribution >= 4 is 11.3 Å². The molecular weight excluding hydrogens is 196 g/mol. The van der Waals surface area contributed by atoms with Crippen LogP contribution in [0.5, 0.6) is 0 Å². The Balaban J connectivity index is 1.62. The first-order chi connectivity index (χ1) is 6.95. The molecule has 1 saturated heterocycles. The van der Waals surface area contributed by atoms with Gasteiger partial charge in [0.1, 0.15) is 5.01 Å². The fourth-order valence-electron chi connectivity index (χ4n) is 1.69. The minimum absolute atomic E-state index is 0.682. The van der Waals surface area contributed by atoms with Crippen LogP contribution in [-0.4, -0.2) is 24.7 Å². The number of aromatic nitrogens is 1. The molecule has 2 heterocycles. The monoisotopic (exact) mass is 212 g/mol. The second-order valence-electron chi connectivity index (χ2n) is 3.63. The molecule has 1 fully saturated rings. The lowest BCUT2D eigenvalue weighted by Gasteiger charge is -2.21. The van der Waals surface area contributed by atoms with E-state index in [9.17, 15) is 0 Å². The van der Waals surface area contributed by atoms with Gasteiger partial charge in [0.05, 0.1) is 13.2 Å². The van der Waals surface area contributed by atoms with Gasteiger partial charge < -0.3 is 10.1 Å². The van der Waals surface area contributed by atoms with Gasteiger partial charge in [0.15, 0.2) is 0 Å². The van der Waals surface area contributed by atoms with Gasteiger partial charge in [-0.15, -0.1) is 11.3 Å². The number of nitrogens with zero attached hydrogens (tertiary/aromatic N) is 1. The van der Waals surface area contributed by atoms with Gasteiger partial charge in [-0.2, -0.15) is 0 Å². The fourth-order valence-corrected chi connectivity index (χ4v) is 2.24. The molecular formula is C10H16N2OS. The van der Waals surface area contributed by atoms with E-state index in [-0.39, 0.29) is 0 Å². The molecule has 0 atom stereocenters. The number of hydrogen-bond donors (Lipinski definition) is 1. The molecule has 2 rings (SSSR count). The summed E-state index contributed by atoms with van der Waals surface area (Å²) in [4.78, 5) is 4.18. The summed E-state index contributed by atoms with van der Waals surface area (Å²) in [7, 11) is 0. The summed E-state index contributed by atoms with van der Waals surface area (Å²) in [5.74, 6) is 0.746. The molecule has 3 nitrogen and oxygen atoms in total. The van der Waals surface area contributed by atoms with E-state index in [1.807, 2.05) is 11.6 Å². The van der Waals surface area contributed by atoms with Crippen molar-refractivity contribution in [2.45, 2.75) is 19.4 Å². The average Bonchev–Trinajstić information content (AvgIpc) is 2.72. The molecule has 0 radical (unpaired) electrons. The highest BCUT2D eigenvalue weighted by Crippen LogP contribution is 2.13. The Labute approximate surface area is 88.5 Å². The molecule has 1 aromatic heterocycles. The lowest BCUT2D eigenvalue weighted by molar-refractivity contribution is 0.0762. The van der Waals surface area contributed by atoms with E-state index in [1.54, 1.807) is 11.3 Å². The van der Waals surface area contributed by atoms with E-state index in [0.29, 0.717) is 6.61 Å². The number of thiazole rings is 1. The van der Waals surface area contributed by atoms with Crippen molar-refractivity contribution in [2.24, 2.45) is 5.92 Å².